The van der Waals surface area contributed by atoms with Crippen LogP contribution in [0.1, 0.15) is 57.8 Å². The first-order chi connectivity index (χ1) is 19.5. The Balaban J connectivity index is 0.000000214. The minimum atomic E-state index is -1.11. The van der Waals surface area contributed by atoms with Gasteiger partial charge < -0.3 is 44.2 Å². The van der Waals surface area contributed by atoms with Crippen molar-refractivity contribution in [1.82, 2.24) is 0 Å². The number of hydrogen-bond acceptors (Lipinski definition) is 9. The number of aldehydes is 1. The molecule has 0 aromatic heterocycles. The predicted octanol–water partition coefficient (Wildman–Crippen LogP) is 2.91. The van der Waals surface area contributed by atoms with E-state index in [-0.39, 0.29) is 18.0 Å². The summed E-state index contributed by atoms with van der Waals surface area (Å²) in [7, 11) is 0. The molecule has 1 spiro atoms. The Hall–Kier alpha value is -1.43. The van der Waals surface area contributed by atoms with Gasteiger partial charge in [0.15, 0.2) is 12.6 Å². The Morgan fingerprint density at radius 2 is 1.02 bits per heavy atom. The minimum absolute atomic E-state index is 0.0493. The Morgan fingerprint density at radius 1 is 0.625 bits per heavy atom. The van der Waals surface area contributed by atoms with Gasteiger partial charge in [-0.2, -0.15) is 0 Å². The van der Waals surface area contributed by atoms with Crippen molar-refractivity contribution in [3.05, 3.63) is 36.5 Å². The van der Waals surface area contributed by atoms with Gasteiger partial charge in [-0.15, -0.1) is 0 Å². The summed E-state index contributed by atoms with van der Waals surface area (Å²) in [6, 6.07) is 0. The third-order valence-corrected chi connectivity index (χ3v) is 8.45. The maximum absolute atomic E-state index is 10.1. The van der Waals surface area contributed by atoms with Crippen LogP contribution in [0.25, 0.3) is 0 Å². The number of carbonyl (C=O) groups excluding carboxylic acids is 1. The first-order valence-electron chi connectivity index (χ1n) is 14.8. The summed E-state index contributed by atoms with van der Waals surface area (Å²) in [5.74, 6) is 1.33. The number of carbonyl (C=O) groups is 1. The van der Waals surface area contributed by atoms with Crippen molar-refractivity contribution in [3.63, 3.8) is 0 Å². The van der Waals surface area contributed by atoms with E-state index in [1.807, 2.05) is 0 Å². The fourth-order valence-corrected chi connectivity index (χ4v) is 5.30. The third kappa shape index (κ3) is 9.84. The molecule has 2 saturated heterocycles. The van der Waals surface area contributed by atoms with Crippen LogP contribution >= 0.6 is 0 Å². The molecule has 4 N–H and O–H groups in total. The van der Waals surface area contributed by atoms with Crippen LogP contribution in [0.2, 0.25) is 0 Å². The Labute approximate surface area is 238 Å². The van der Waals surface area contributed by atoms with Crippen molar-refractivity contribution in [2.45, 2.75) is 70.4 Å². The summed E-state index contributed by atoms with van der Waals surface area (Å²) in [4.78, 5) is 10.1. The molecule has 5 aliphatic rings. The molecular formula is C31H50O9. The van der Waals surface area contributed by atoms with Gasteiger partial charge >= 0.3 is 0 Å². The lowest BCUT2D eigenvalue weighted by atomic mass is 9.87. The SMILES string of the molecule is C1=CCC(C2OCC3(CO2)COC(C2CC=CCC2)OC3)CC1.O=CC1CC=CCC1.OCC(CO)(CO)CO. The zero-order valence-electron chi connectivity index (χ0n) is 23.8. The van der Waals surface area contributed by atoms with Gasteiger partial charge in [0.2, 0.25) is 0 Å². The van der Waals surface area contributed by atoms with Gasteiger partial charge in [-0.25, -0.2) is 0 Å². The van der Waals surface area contributed by atoms with Gasteiger partial charge in [0.25, 0.3) is 0 Å². The Bertz CT molecular complexity index is 728. The molecule has 2 heterocycles. The molecule has 228 valence electrons. The van der Waals surface area contributed by atoms with Crippen LogP contribution in [0.5, 0.6) is 0 Å². The number of allylic oxidation sites excluding steroid dienone is 6. The largest absolute Gasteiger partial charge is 0.396 e. The van der Waals surface area contributed by atoms with Crippen LogP contribution in [0.3, 0.4) is 0 Å². The summed E-state index contributed by atoms with van der Waals surface area (Å²) in [5.41, 5.74) is -1.22. The molecule has 9 heteroatoms. The molecule has 9 nitrogen and oxygen atoms in total. The lowest BCUT2D eigenvalue weighted by molar-refractivity contribution is -0.319. The van der Waals surface area contributed by atoms with Crippen LogP contribution in [-0.2, 0) is 23.7 Å². The van der Waals surface area contributed by atoms with E-state index in [2.05, 4.69) is 36.5 Å². The molecule has 0 bridgehead atoms. The maximum Gasteiger partial charge on any atom is 0.160 e. The minimum Gasteiger partial charge on any atom is -0.396 e. The van der Waals surface area contributed by atoms with E-state index in [4.69, 9.17) is 39.4 Å². The second kappa shape index (κ2) is 17.5. The molecule has 5 rings (SSSR count). The fourth-order valence-electron chi connectivity index (χ4n) is 5.30. The topological polar surface area (TPSA) is 135 Å². The highest BCUT2D eigenvalue weighted by molar-refractivity contribution is 5.54. The van der Waals surface area contributed by atoms with Crippen LogP contribution in [0.15, 0.2) is 36.5 Å². The number of ether oxygens (including phenoxy) is 4. The van der Waals surface area contributed by atoms with Crippen LogP contribution in [0.4, 0.5) is 0 Å². The standard InChI is InChI=1S/C19H28O4.C7H10O.C5H12O4/c1-3-7-15(8-4-1)17-20-11-19(12-21-17)13-22-18(23-14-19)16-9-5-2-6-10-16;8-6-7-4-2-1-3-5-7;6-1-5(2-7,3-8)4-9/h1-3,5,15-18H,4,6-14H2;1-2,6-7H,3-5H2;6-9H,1-4H2. The summed E-state index contributed by atoms with van der Waals surface area (Å²) in [6.07, 6.45) is 24.1. The number of aliphatic hydroxyl groups is 4. The highest BCUT2D eigenvalue weighted by Gasteiger charge is 2.44. The second-order valence-corrected chi connectivity index (χ2v) is 11.9. The zero-order valence-corrected chi connectivity index (χ0v) is 23.8. The molecular weight excluding hydrogens is 516 g/mol. The van der Waals surface area contributed by atoms with Crippen LogP contribution in [0, 0.1) is 28.6 Å². The summed E-state index contributed by atoms with van der Waals surface area (Å²) < 4.78 is 24.3. The number of aliphatic hydroxyl groups excluding tert-OH is 4. The van der Waals surface area contributed by atoms with E-state index >= 15 is 0 Å². The summed E-state index contributed by atoms with van der Waals surface area (Å²) in [6.45, 7) is 1.13. The van der Waals surface area contributed by atoms with Gasteiger partial charge in [-0.3, -0.25) is 0 Å². The first-order valence-corrected chi connectivity index (χ1v) is 14.8. The molecule has 2 fully saturated rings. The van der Waals surface area contributed by atoms with E-state index in [1.54, 1.807) is 0 Å². The van der Waals surface area contributed by atoms with E-state index < -0.39 is 31.8 Å². The van der Waals surface area contributed by atoms with Crippen molar-refractivity contribution in [1.29, 1.82) is 0 Å². The monoisotopic (exact) mass is 566 g/mol. The second-order valence-electron chi connectivity index (χ2n) is 11.9. The molecule has 0 aromatic carbocycles. The molecule has 40 heavy (non-hydrogen) atoms. The van der Waals surface area contributed by atoms with Crippen molar-refractivity contribution in [2.75, 3.05) is 52.9 Å². The Morgan fingerprint density at radius 3 is 1.27 bits per heavy atom. The van der Waals surface area contributed by atoms with Gasteiger partial charge in [-0.1, -0.05) is 36.5 Å². The van der Waals surface area contributed by atoms with E-state index in [0.29, 0.717) is 44.2 Å². The summed E-state index contributed by atoms with van der Waals surface area (Å²) in [5, 5.41) is 34.0. The van der Waals surface area contributed by atoms with Gasteiger partial charge in [0, 0.05) is 17.8 Å². The molecule has 0 saturated carbocycles. The van der Waals surface area contributed by atoms with Gasteiger partial charge in [-0.05, 0) is 57.8 Å². The highest BCUT2D eigenvalue weighted by atomic mass is 16.7. The molecule has 2 aliphatic heterocycles. The maximum atomic E-state index is 10.1. The highest BCUT2D eigenvalue weighted by Crippen LogP contribution is 2.37. The predicted molar refractivity (Wildman–Crippen MR) is 150 cm³/mol. The van der Waals surface area contributed by atoms with Gasteiger partial charge in [0.1, 0.15) is 6.29 Å². The normalized spacial score (nSPS) is 33.9. The average molecular weight is 567 g/mol. The van der Waals surface area contributed by atoms with Crippen molar-refractivity contribution < 1.29 is 44.2 Å². The third-order valence-electron chi connectivity index (χ3n) is 8.45. The van der Waals surface area contributed by atoms with Gasteiger partial charge in [0.05, 0.1) is 63.7 Å². The molecule has 0 radical (unpaired) electrons. The van der Waals surface area contributed by atoms with E-state index in [0.717, 1.165) is 51.2 Å². The van der Waals surface area contributed by atoms with Crippen molar-refractivity contribution in [2.24, 2.45) is 28.6 Å². The summed E-state index contributed by atoms with van der Waals surface area (Å²) >= 11 is 0. The molecule has 0 amide bonds. The average Bonchev–Trinajstić information content (AvgIpc) is 3.05. The molecule has 3 unspecified atom stereocenters. The number of hydrogen-bond donors (Lipinski definition) is 4. The van der Waals surface area contributed by atoms with Crippen molar-refractivity contribution >= 4 is 6.29 Å². The van der Waals surface area contributed by atoms with E-state index in [9.17, 15) is 4.79 Å². The first kappa shape index (κ1) is 33.1. The number of rotatable bonds is 7. The van der Waals surface area contributed by atoms with Crippen LogP contribution < -0.4 is 0 Å². The Kier molecular flexibility index (Phi) is 14.5. The lowest BCUT2D eigenvalue weighted by Gasteiger charge is -2.46. The smallest absolute Gasteiger partial charge is 0.160 e. The quantitative estimate of drug-likeness (QED) is 0.271. The van der Waals surface area contributed by atoms with Crippen molar-refractivity contribution in [3.8, 4) is 0 Å². The fraction of sp³-hybridized carbons (Fsp3) is 0.774. The lowest BCUT2D eigenvalue weighted by Crippen LogP contribution is -2.54. The molecule has 3 atom stereocenters. The molecule has 3 aliphatic carbocycles. The van der Waals surface area contributed by atoms with E-state index in [1.165, 1.54) is 12.8 Å². The van der Waals surface area contributed by atoms with Crippen LogP contribution in [-0.4, -0.2) is 92.1 Å². The zero-order chi connectivity index (χ0) is 28.7. The molecule has 0 aromatic rings.